The van der Waals surface area contributed by atoms with Crippen molar-refractivity contribution in [2.75, 3.05) is 10.8 Å². The minimum Gasteiger partial charge on any atom is -0.352 e. The number of hydrogen-bond acceptors (Lipinski definition) is 4. The molecule has 3 aromatic rings. The first-order chi connectivity index (χ1) is 18.8. The molecule has 0 radical (unpaired) electrons. The summed E-state index contributed by atoms with van der Waals surface area (Å²) in [4.78, 5) is 28.8. The first-order valence-corrected chi connectivity index (χ1v) is 15.6. The van der Waals surface area contributed by atoms with Crippen LogP contribution in [0.2, 0.25) is 0 Å². The topological polar surface area (TPSA) is 86.8 Å². The van der Waals surface area contributed by atoms with E-state index < -0.39 is 28.5 Å². The molecule has 0 spiro atoms. The molecule has 9 heteroatoms. The van der Waals surface area contributed by atoms with Gasteiger partial charge in [-0.05, 0) is 82.5 Å². The van der Waals surface area contributed by atoms with Crippen LogP contribution in [0.25, 0.3) is 0 Å². The van der Waals surface area contributed by atoms with Gasteiger partial charge in [-0.15, -0.1) is 0 Å². The van der Waals surface area contributed by atoms with Gasteiger partial charge in [-0.1, -0.05) is 70.4 Å². The van der Waals surface area contributed by atoms with Gasteiger partial charge in [0.15, 0.2) is 0 Å². The van der Waals surface area contributed by atoms with E-state index in [1.807, 2.05) is 71.0 Å². The van der Waals surface area contributed by atoms with Crippen LogP contribution >= 0.6 is 15.9 Å². The van der Waals surface area contributed by atoms with E-state index in [0.29, 0.717) is 5.69 Å². The summed E-state index contributed by atoms with van der Waals surface area (Å²) < 4.78 is 30.0. The molecule has 0 saturated carbocycles. The molecule has 0 fully saturated rings. The molecular weight excluding hydrogens is 590 g/mol. The van der Waals surface area contributed by atoms with E-state index in [4.69, 9.17) is 0 Å². The lowest BCUT2D eigenvalue weighted by Gasteiger charge is -2.33. The number of carbonyl (C=O) groups is 2. The number of rotatable bonds is 11. The number of hydrogen-bond donors (Lipinski definition) is 1. The van der Waals surface area contributed by atoms with Gasteiger partial charge in [0.05, 0.1) is 10.6 Å². The molecule has 3 rings (SSSR count). The zero-order valence-corrected chi connectivity index (χ0v) is 26.3. The second-order valence-corrected chi connectivity index (χ2v) is 13.0. The van der Waals surface area contributed by atoms with Crippen LogP contribution in [0.1, 0.15) is 49.4 Å². The Bertz CT molecular complexity index is 1460. The van der Waals surface area contributed by atoms with Gasteiger partial charge in [0, 0.05) is 17.1 Å². The molecule has 0 unspecified atom stereocenters. The van der Waals surface area contributed by atoms with Gasteiger partial charge < -0.3 is 10.2 Å². The van der Waals surface area contributed by atoms with Gasteiger partial charge >= 0.3 is 0 Å². The number of nitrogens with one attached hydrogen (secondary N) is 1. The number of carbonyl (C=O) groups excluding carboxylic acids is 2. The van der Waals surface area contributed by atoms with E-state index in [1.165, 1.54) is 4.90 Å². The quantitative estimate of drug-likeness (QED) is 0.287. The fourth-order valence-electron chi connectivity index (χ4n) is 4.32. The third-order valence-electron chi connectivity index (χ3n) is 6.92. The second-order valence-electron chi connectivity index (χ2n) is 10.3. The van der Waals surface area contributed by atoms with Crippen LogP contribution in [0, 0.1) is 20.8 Å². The van der Waals surface area contributed by atoms with E-state index in [-0.39, 0.29) is 23.4 Å². The average molecular weight is 629 g/mol. The fourth-order valence-corrected chi connectivity index (χ4v) is 6.24. The second kappa shape index (κ2) is 13.5. The molecule has 0 bridgehead atoms. The Morgan fingerprint density at radius 3 is 2.17 bits per heavy atom. The molecule has 214 valence electrons. The molecule has 0 aliphatic carbocycles. The lowest BCUT2D eigenvalue weighted by molar-refractivity contribution is -0.139. The molecule has 0 aliphatic heterocycles. The van der Waals surface area contributed by atoms with Gasteiger partial charge in [-0.25, -0.2) is 8.42 Å². The van der Waals surface area contributed by atoms with Crippen molar-refractivity contribution in [2.45, 2.75) is 71.5 Å². The van der Waals surface area contributed by atoms with Crippen LogP contribution in [0.4, 0.5) is 5.69 Å². The van der Waals surface area contributed by atoms with Crippen LogP contribution in [0.5, 0.6) is 0 Å². The van der Waals surface area contributed by atoms with E-state index in [9.17, 15) is 18.0 Å². The molecule has 0 saturated heterocycles. The SMILES string of the molecule is CC[C@@H](C)NC(=O)[C@H](C)N(Cc1cccc(Br)c1)C(=O)CN(c1ccc(C)cc1C)S(=O)(=O)c1ccc(C)cc1. The van der Waals surface area contributed by atoms with Crippen molar-refractivity contribution in [1.82, 2.24) is 10.2 Å². The van der Waals surface area contributed by atoms with Crippen LogP contribution in [0.15, 0.2) is 76.1 Å². The Kier molecular flexibility index (Phi) is 10.6. The lowest BCUT2D eigenvalue weighted by atomic mass is 10.1. The summed E-state index contributed by atoms with van der Waals surface area (Å²) in [5.74, 6) is -0.778. The van der Waals surface area contributed by atoms with Crippen molar-refractivity contribution < 1.29 is 18.0 Å². The minimum absolute atomic E-state index is 0.0635. The fraction of sp³-hybridized carbons (Fsp3) is 0.355. The van der Waals surface area contributed by atoms with Crippen molar-refractivity contribution in [3.63, 3.8) is 0 Å². The summed E-state index contributed by atoms with van der Waals surface area (Å²) in [6.07, 6.45) is 0.743. The van der Waals surface area contributed by atoms with Crippen LogP contribution in [-0.4, -0.2) is 43.8 Å². The molecular formula is C31H38BrN3O4S. The monoisotopic (exact) mass is 627 g/mol. The third-order valence-corrected chi connectivity index (χ3v) is 9.19. The van der Waals surface area contributed by atoms with E-state index in [2.05, 4.69) is 21.2 Å². The Morgan fingerprint density at radius 1 is 0.925 bits per heavy atom. The summed E-state index contributed by atoms with van der Waals surface area (Å²) in [5, 5.41) is 2.95. The van der Waals surface area contributed by atoms with E-state index in [1.54, 1.807) is 37.3 Å². The minimum atomic E-state index is -4.11. The number of amides is 2. The summed E-state index contributed by atoms with van der Waals surface area (Å²) in [7, 11) is -4.11. The first kappa shape index (κ1) is 31.4. The highest BCUT2D eigenvalue weighted by molar-refractivity contribution is 9.10. The van der Waals surface area contributed by atoms with Gasteiger partial charge in [0.25, 0.3) is 10.0 Å². The maximum atomic E-state index is 14.1. The molecule has 0 aromatic heterocycles. The van der Waals surface area contributed by atoms with Crippen molar-refractivity contribution in [1.29, 1.82) is 0 Å². The summed E-state index contributed by atoms with van der Waals surface area (Å²) in [5.41, 5.74) is 3.86. The number of nitrogens with zero attached hydrogens (tertiary/aromatic N) is 2. The predicted octanol–water partition coefficient (Wildman–Crippen LogP) is 5.90. The largest absolute Gasteiger partial charge is 0.352 e. The Labute approximate surface area is 246 Å². The summed E-state index contributed by atoms with van der Waals surface area (Å²) >= 11 is 3.47. The maximum absolute atomic E-state index is 14.1. The molecule has 0 aliphatic rings. The number of halogens is 1. The number of aryl methyl sites for hydroxylation is 3. The molecule has 1 N–H and O–H groups in total. The Balaban J connectivity index is 2.06. The van der Waals surface area contributed by atoms with Gasteiger partial charge in [0.2, 0.25) is 11.8 Å². The first-order valence-electron chi connectivity index (χ1n) is 13.3. The van der Waals surface area contributed by atoms with Crippen LogP contribution in [0.3, 0.4) is 0 Å². The highest BCUT2D eigenvalue weighted by Gasteiger charge is 2.33. The van der Waals surface area contributed by atoms with E-state index in [0.717, 1.165) is 37.5 Å². The predicted molar refractivity (Wildman–Crippen MR) is 164 cm³/mol. The van der Waals surface area contributed by atoms with Gasteiger partial charge in [-0.3, -0.25) is 13.9 Å². The van der Waals surface area contributed by atoms with Crippen LogP contribution < -0.4 is 9.62 Å². The number of sulfonamides is 1. The van der Waals surface area contributed by atoms with E-state index >= 15 is 0 Å². The number of anilines is 1. The molecule has 7 nitrogen and oxygen atoms in total. The van der Waals surface area contributed by atoms with Crippen molar-refractivity contribution >= 4 is 43.5 Å². The highest BCUT2D eigenvalue weighted by atomic mass is 79.9. The maximum Gasteiger partial charge on any atom is 0.264 e. The molecule has 0 heterocycles. The highest BCUT2D eigenvalue weighted by Crippen LogP contribution is 2.28. The van der Waals surface area contributed by atoms with Gasteiger partial charge in [-0.2, -0.15) is 0 Å². The molecule has 2 atom stereocenters. The Hall–Kier alpha value is -3.17. The van der Waals surface area contributed by atoms with Crippen LogP contribution in [-0.2, 0) is 26.2 Å². The van der Waals surface area contributed by atoms with Crippen molar-refractivity contribution in [2.24, 2.45) is 0 Å². The third kappa shape index (κ3) is 7.73. The molecule has 3 aromatic carbocycles. The lowest BCUT2D eigenvalue weighted by Crippen LogP contribution is -2.52. The summed E-state index contributed by atoms with van der Waals surface area (Å²) in [6, 6.07) is 18.6. The zero-order chi connectivity index (χ0) is 29.6. The number of benzene rings is 3. The van der Waals surface area contributed by atoms with Gasteiger partial charge in [0.1, 0.15) is 12.6 Å². The average Bonchev–Trinajstić information content (AvgIpc) is 2.90. The zero-order valence-electron chi connectivity index (χ0n) is 23.9. The normalized spacial score (nSPS) is 12.9. The van der Waals surface area contributed by atoms with Crippen molar-refractivity contribution in [3.8, 4) is 0 Å². The molecule has 40 heavy (non-hydrogen) atoms. The summed E-state index contributed by atoms with van der Waals surface area (Å²) in [6.45, 7) is 10.9. The molecule has 2 amide bonds. The Morgan fingerprint density at radius 2 is 1.57 bits per heavy atom. The van der Waals surface area contributed by atoms with Crippen molar-refractivity contribution in [3.05, 3.63) is 93.5 Å². The smallest absolute Gasteiger partial charge is 0.264 e. The standard InChI is InChI=1S/C31H38BrN3O4S/c1-7-24(5)33-31(37)25(6)34(19-26-9-8-10-27(32)18-26)30(36)20-35(29-16-13-22(3)17-23(29)4)40(38,39)28-14-11-21(2)12-15-28/h8-18,24-25H,7,19-20H2,1-6H3,(H,33,37)/t24-,25+/m1/s1.